The first-order valence-corrected chi connectivity index (χ1v) is 10.4. The van der Waals surface area contributed by atoms with E-state index in [4.69, 9.17) is 0 Å². The summed E-state index contributed by atoms with van der Waals surface area (Å²) >= 11 is 0. The minimum atomic E-state index is 0.174. The fraction of sp³-hybridized carbons (Fsp3) is 0.900. The number of carbonyl (C=O) groups excluding carboxylic acids is 2. The van der Waals surface area contributed by atoms with Gasteiger partial charge < -0.3 is 15.5 Å². The fourth-order valence-electron chi connectivity index (χ4n) is 4.97. The average molecular weight is 350 g/mol. The standard InChI is InChI=1S/C20H35N3O2/c1-21-13-15-5-4-12-23(14-15)20(25)17-8-10-18(11-9-17)22-19(24)16-6-2-3-7-16/h15-18,21H,2-14H2,1H3,(H,22,24). The van der Waals surface area contributed by atoms with Crippen LogP contribution in [0.4, 0.5) is 0 Å². The van der Waals surface area contributed by atoms with Crippen LogP contribution in [-0.2, 0) is 9.59 Å². The van der Waals surface area contributed by atoms with E-state index >= 15 is 0 Å². The molecule has 5 nitrogen and oxygen atoms in total. The minimum absolute atomic E-state index is 0.174. The Morgan fingerprint density at radius 1 is 0.920 bits per heavy atom. The summed E-state index contributed by atoms with van der Waals surface area (Å²) in [6.07, 6.45) is 10.7. The number of hydrogen-bond acceptors (Lipinski definition) is 3. The third-order valence-electron chi connectivity index (χ3n) is 6.47. The van der Waals surface area contributed by atoms with Crippen molar-refractivity contribution in [1.29, 1.82) is 0 Å². The SMILES string of the molecule is CNCC1CCCN(C(=O)C2CCC(NC(=O)C3CCCC3)CC2)C1. The molecule has 2 saturated carbocycles. The third-order valence-corrected chi connectivity index (χ3v) is 6.47. The van der Waals surface area contributed by atoms with Gasteiger partial charge in [0, 0.05) is 31.0 Å². The van der Waals surface area contributed by atoms with Crippen molar-refractivity contribution in [3.05, 3.63) is 0 Å². The Kier molecular flexibility index (Phi) is 6.74. The van der Waals surface area contributed by atoms with Gasteiger partial charge in [0.2, 0.25) is 11.8 Å². The summed E-state index contributed by atoms with van der Waals surface area (Å²) in [4.78, 5) is 27.2. The smallest absolute Gasteiger partial charge is 0.225 e. The van der Waals surface area contributed by atoms with Crippen LogP contribution in [0.25, 0.3) is 0 Å². The van der Waals surface area contributed by atoms with E-state index in [-0.39, 0.29) is 23.8 Å². The summed E-state index contributed by atoms with van der Waals surface area (Å²) in [5, 5.41) is 6.50. The second kappa shape index (κ2) is 9.02. The molecule has 0 radical (unpaired) electrons. The number of nitrogens with zero attached hydrogens (tertiary/aromatic N) is 1. The lowest BCUT2D eigenvalue weighted by molar-refractivity contribution is -0.138. The molecule has 0 aromatic rings. The Bertz CT molecular complexity index is 452. The van der Waals surface area contributed by atoms with Gasteiger partial charge in [0.15, 0.2) is 0 Å². The molecule has 1 aliphatic heterocycles. The van der Waals surface area contributed by atoms with E-state index < -0.39 is 0 Å². The molecule has 0 spiro atoms. The van der Waals surface area contributed by atoms with Crippen molar-refractivity contribution in [3.63, 3.8) is 0 Å². The molecule has 0 bridgehead atoms. The van der Waals surface area contributed by atoms with E-state index in [1.54, 1.807) is 0 Å². The van der Waals surface area contributed by atoms with Crippen molar-refractivity contribution in [3.8, 4) is 0 Å². The molecule has 25 heavy (non-hydrogen) atoms. The van der Waals surface area contributed by atoms with Gasteiger partial charge in [-0.1, -0.05) is 12.8 Å². The Morgan fingerprint density at radius 3 is 2.32 bits per heavy atom. The van der Waals surface area contributed by atoms with E-state index in [1.807, 2.05) is 7.05 Å². The molecule has 5 heteroatoms. The molecule has 142 valence electrons. The Balaban J connectivity index is 1.42. The quantitative estimate of drug-likeness (QED) is 0.801. The average Bonchev–Trinajstić information content (AvgIpc) is 3.17. The highest BCUT2D eigenvalue weighted by Gasteiger charge is 2.33. The molecule has 0 aromatic heterocycles. The van der Waals surface area contributed by atoms with Crippen LogP contribution in [0.15, 0.2) is 0 Å². The van der Waals surface area contributed by atoms with Crippen LogP contribution < -0.4 is 10.6 Å². The summed E-state index contributed by atoms with van der Waals surface area (Å²) in [5.41, 5.74) is 0. The van der Waals surface area contributed by atoms with Crippen LogP contribution >= 0.6 is 0 Å². The normalized spacial score (nSPS) is 31.1. The van der Waals surface area contributed by atoms with Crippen molar-refractivity contribution in [1.82, 2.24) is 15.5 Å². The Labute approximate surface area is 152 Å². The van der Waals surface area contributed by atoms with Gasteiger partial charge in [-0.05, 0) is 70.9 Å². The lowest BCUT2D eigenvalue weighted by Crippen LogP contribution is -2.47. The maximum Gasteiger partial charge on any atom is 0.225 e. The van der Waals surface area contributed by atoms with Gasteiger partial charge in [0.25, 0.3) is 0 Å². The summed E-state index contributed by atoms with van der Waals surface area (Å²) < 4.78 is 0. The van der Waals surface area contributed by atoms with E-state index in [9.17, 15) is 9.59 Å². The lowest BCUT2D eigenvalue weighted by Gasteiger charge is -2.37. The summed E-state index contributed by atoms with van der Waals surface area (Å²) in [6, 6.07) is 0.288. The fourth-order valence-corrected chi connectivity index (χ4v) is 4.97. The predicted molar refractivity (Wildman–Crippen MR) is 99.1 cm³/mol. The summed E-state index contributed by atoms with van der Waals surface area (Å²) in [6.45, 7) is 2.85. The van der Waals surface area contributed by atoms with Gasteiger partial charge in [-0.2, -0.15) is 0 Å². The van der Waals surface area contributed by atoms with E-state index in [0.29, 0.717) is 11.8 Å². The van der Waals surface area contributed by atoms with Crippen LogP contribution in [0.1, 0.15) is 64.2 Å². The zero-order valence-corrected chi connectivity index (χ0v) is 15.8. The summed E-state index contributed by atoms with van der Waals surface area (Å²) in [5.74, 6) is 1.65. The molecular formula is C20H35N3O2. The zero-order valence-electron chi connectivity index (χ0n) is 15.8. The van der Waals surface area contributed by atoms with Crippen molar-refractivity contribution in [2.24, 2.45) is 17.8 Å². The molecule has 1 unspecified atom stereocenters. The molecule has 3 rings (SSSR count). The highest BCUT2D eigenvalue weighted by atomic mass is 16.2. The molecule has 1 atom stereocenters. The first-order valence-electron chi connectivity index (χ1n) is 10.4. The second-order valence-corrected chi connectivity index (χ2v) is 8.39. The highest BCUT2D eigenvalue weighted by molar-refractivity contribution is 5.80. The van der Waals surface area contributed by atoms with Crippen LogP contribution in [-0.4, -0.2) is 49.4 Å². The number of hydrogen-bond donors (Lipinski definition) is 2. The number of rotatable bonds is 5. The molecule has 1 heterocycles. The molecule has 2 aliphatic carbocycles. The zero-order chi connectivity index (χ0) is 17.6. The van der Waals surface area contributed by atoms with Crippen LogP contribution in [0.2, 0.25) is 0 Å². The molecule has 0 aromatic carbocycles. The Morgan fingerprint density at radius 2 is 1.64 bits per heavy atom. The molecule has 3 aliphatic rings. The monoisotopic (exact) mass is 349 g/mol. The number of likely N-dealkylation sites (tertiary alicyclic amines) is 1. The van der Waals surface area contributed by atoms with Gasteiger partial charge >= 0.3 is 0 Å². The molecular weight excluding hydrogens is 314 g/mol. The van der Waals surface area contributed by atoms with Gasteiger partial charge in [0.1, 0.15) is 0 Å². The Hall–Kier alpha value is -1.10. The van der Waals surface area contributed by atoms with Crippen LogP contribution in [0, 0.1) is 17.8 Å². The molecule has 1 saturated heterocycles. The van der Waals surface area contributed by atoms with Gasteiger partial charge in [-0.15, -0.1) is 0 Å². The van der Waals surface area contributed by atoms with Crippen molar-refractivity contribution in [2.45, 2.75) is 70.3 Å². The summed E-state index contributed by atoms with van der Waals surface area (Å²) in [7, 11) is 1.99. The van der Waals surface area contributed by atoms with E-state index in [0.717, 1.165) is 64.6 Å². The predicted octanol–water partition coefficient (Wildman–Crippen LogP) is 2.31. The lowest BCUT2D eigenvalue weighted by atomic mass is 9.84. The third kappa shape index (κ3) is 4.96. The molecule has 2 amide bonds. The largest absolute Gasteiger partial charge is 0.353 e. The topological polar surface area (TPSA) is 61.4 Å². The van der Waals surface area contributed by atoms with Gasteiger partial charge in [0.05, 0.1) is 0 Å². The van der Waals surface area contributed by atoms with Gasteiger partial charge in [-0.3, -0.25) is 9.59 Å². The first kappa shape index (κ1) is 18.7. The number of nitrogens with one attached hydrogen (secondary N) is 2. The number of carbonyl (C=O) groups is 2. The van der Waals surface area contributed by atoms with Crippen LogP contribution in [0.5, 0.6) is 0 Å². The van der Waals surface area contributed by atoms with Crippen molar-refractivity contribution in [2.75, 3.05) is 26.7 Å². The van der Waals surface area contributed by atoms with Crippen LogP contribution in [0.3, 0.4) is 0 Å². The minimum Gasteiger partial charge on any atom is -0.353 e. The van der Waals surface area contributed by atoms with Crippen molar-refractivity contribution >= 4 is 11.8 Å². The van der Waals surface area contributed by atoms with E-state index in [1.165, 1.54) is 19.3 Å². The number of amides is 2. The number of piperidine rings is 1. The van der Waals surface area contributed by atoms with Gasteiger partial charge in [-0.25, -0.2) is 0 Å². The van der Waals surface area contributed by atoms with E-state index in [2.05, 4.69) is 15.5 Å². The molecule has 2 N–H and O–H groups in total. The second-order valence-electron chi connectivity index (χ2n) is 8.39. The maximum atomic E-state index is 12.9. The first-order chi connectivity index (χ1) is 12.2. The maximum absolute atomic E-state index is 12.9. The molecule has 3 fully saturated rings. The highest BCUT2D eigenvalue weighted by Crippen LogP contribution is 2.29. The van der Waals surface area contributed by atoms with Crippen molar-refractivity contribution < 1.29 is 9.59 Å².